The van der Waals surface area contributed by atoms with Gasteiger partial charge >= 0.3 is 0 Å². The molecule has 0 aliphatic carbocycles. The van der Waals surface area contributed by atoms with Crippen LogP contribution in [0, 0.1) is 0 Å². The highest BCUT2D eigenvalue weighted by atomic mass is 32.2. The molecule has 0 radical (unpaired) electrons. The zero-order chi connectivity index (χ0) is 19.1. The number of ether oxygens (including phenoxy) is 1. The van der Waals surface area contributed by atoms with Crippen molar-refractivity contribution in [2.75, 3.05) is 36.9 Å². The number of nitrogens with zero attached hydrogens (tertiary/aromatic N) is 1. The Kier molecular flexibility index (Phi) is 7.89. The van der Waals surface area contributed by atoms with E-state index < -0.39 is 10.0 Å². The summed E-state index contributed by atoms with van der Waals surface area (Å²) >= 11 is 0. The molecule has 7 heteroatoms. The summed E-state index contributed by atoms with van der Waals surface area (Å²) in [6, 6.07) is 7.27. The fraction of sp³-hybridized carbons (Fsp3) is 0.611. The van der Waals surface area contributed by atoms with Gasteiger partial charge in [-0.15, -0.1) is 0 Å². The molecule has 142 valence electrons. The Labute approximate surface area is 151 Å². The van der Waals surface area contributed by atoms with Crippen LogP contribution in [0.5, 0.6) is 0 Å². The molecule has 0 atom stereocenters. The van der Waals surface area contributed by atoms with Crippen molar-refractivity contribution in [1.29, 1.82) is 0 Å². The van der Waals surface area contributed by atoms with Gasteiger partial charge in [0.1, 0.15) is 6.54 Å². The maximum Gasteiger partial charge on any atom is 0.240 e. The fourth-order valence-corrected chi connectivity index (χ4v) is 3.12. The van der Waals surface area contributed by atoms with Crippen molar-refractivity contribution in [3.05, 3.63) is 29.8 Å². The molecule has 0 heterocycles. The van der Waals surface area contributed by atoms with Crippen LogP contribution >= 0.6 is 0 Å². The number of amides is 1. The highest BCUT2D eigenvalue weighted by molar-refractivity contribution is 7.92. The molecular weight excluding hydrogens is 340 g/mol. The molecule has 0 aliphatic rings. The van der Waals surface area contributed by atoms with Crippen molar-refractivity contribution in [3.63, 3.8) is 0 Å². The Morgan fingerprint density at radius 2 is 1.80 bits per heavy atom. The van der Waals surface area contributed by atoms with E-state index in [4.69, 9.17) is 4.74 Å². The van der Waals surface area contributed by atoms with E-state index in [1.165, 1.54) is 0 Å². The van der Waals surface area contributed by atoms with E-state index in [2.05, 4.69) is 26.1 Å². The third-order valence-corrected chi connectivity index (χ3v) is 4.84. The fourth-order valence-electron chi connectivity index (χ4n) is 2.26. The largest absolute Gasteiger partial charge is 0.382 e. The van der Waals surface area contributed by atoms with E-state index in [9.17, 15) is 13.2 Å². The van der Waals surface area contributed by atoms with Crippen molar-refractivity contribution in [1.82, 2.24) is 5.32 Å². The van der Waals surface area contributed by atoms with Crippen molar-refractivity contribution in [2.45, 2.75) is 39.5 Å². The summed E-state index contributed by atoms with van der Waals surface area (Å²) in [5.74, 6) is -0.332. The predicted molar refractivity (Wildman–Crippen MR) is 101 cm³/mol. The Bertz CT molecular complexity index is 649. The number of anilines is 1. The molecule has 0 unspecified atom stereocenters. The summed E-state index contributed by atoms with van der Waals surface area (Å²) in [6.07, 6.45) is 1.80. The lowest BCUT2D eigenvalue weighted by Crippen LogP contribution is -2.40. The van der Waals surface area contributed by atoms with E-state index in [1.807, 2.05) is 19.1 Å². The van der Waals surface area contributed by atoms with Gasteiger partial charge < -0.3 is 10.1 Å². The minimum Gasteiger partial charge on any atom is -0.382 e. The normalized spacial score (nSPS) is 12.0. The first kappa shape index (κ1) is 21.4. The number of sulfonamides is 1. The molecule has 1 rings (SSSR count). The first-order valence-electron chi connectivity index (χ1n) is 8.48. The minimum absolute atomic E-state index is 0.0214. The average Bonchev–Trinajstić information content (AvgIpc) is 2.50. The van der Waals surface area contributed by atoms with E-state index in [0.29, 0.717) is 31.9 Å². The lowest BCUT2D eigenvalue weighted by Gasteiger charge is -2.24. The molecule has 0 saturated carbocycles. The van der Waals surface area contributed by atoms with Gasteiger partial charge in [0.25, 0.3) is 0 Å². The molecule has 0 saturated heterocycles. The molecule has 1 amide bonds. The van der Waals surface area contributed by atoms with Crippen molar-refractivity contribution in [2.24, 2.45) is 0 Å². The van der Waals surface area contributed by atoms with Crippen LogP contribution < -0.4 is 9.62 Å². The van der Waals surface area contributed by atoms with Gasteiger partial charge in [-0.2, -0.15) is 0 Å². The van der Waals surface area contributed by atoms with Crippen LogP contribution in [-0.4, -0.2) is 46.9 Å². The first-order chi connectivity index (χ1) is 11.6. The van der Waals surface area contributed by atoms with E-state index in [0.717, 1.165) is 16.1 Å². The number of carbonyl (C=O) groups excluding carboxylic acids is 1. The van der Waals surface area contributed by atoms with Crippen LogP contribution in [0.1, 0.15) is 39.7 Å². The van der Waals surface area contributed by atoms with Gasteiger partial charge in [-0.1, -0.05) is 32.9 Å². The third-order valence-electron chi connectivity index (χ3n) is 3.70. The summed E-state index contributed by atoms with van der Waals surface area (Å²) in [4.78, 5) is 12.1. The second-order valence-electron chi connectivity index (χ2n) is 6.97. The second kappa shape index (κ2) is 9.20. The van der Waals surface area contributed by atoms with Gasteiger partial charge in [0.15, 0.2) is 0 Å². The zero-order valence-corrected chi connectivity index (χ0v) is 16.6. The van der Waals surface area contributed by atoms with Gasteiger partial charge in [0.2, 0.25) is 15.9 Å². The number of hydrogen-bond donors (Lipinski definition) is 1. The minimum atomic E-state index is -3.55. The Morgan fingerprint density at radius 1 is 1.20 bits per heavy atom. The number of hydrogen-bond acceptors (Lipinski definition) is 4. The number of benzene rings is 1. The number of nitrogens with one attached hydrogen (secondary N) is 1. The monoisotopic (exact) mass is 370 g/mol. The quantitative estimate of drug-likeness (QED) is 0.677. The third kappa shape index (κ3) is 7.44. The van der Waals surface area contributed by atoms with Crippen molar-refractivity contribution < 1.29 is 17.9 Å². The van der Waals surface area contributed by atoms with E-state index >= 15 is 0 Å². The van der Waals surface area contributed by atoms with Crippen LogP contribution in [0.4, 0.5) is 5.69 Å². The summed E-state index contributed by atoms with van der Waals surface area (Å²) in [6.45, 7) is 9.61. The number of rotatable bonds is 9. The van der Waals surface area contributed by atoms with Gasteiger partial charge in [0, 0.05) is 19.8 Å². The topological polar surface area (TPSA) is 75.7 Å². The second-order valence-corrected chi connectivity index (χ2v) is 8.87. The van der Waals surface area contributed by atoms with Crippen LogP contribution in [0.25, 0.3) is 0 Å². The lowest BCUT2D eigenvalue weighted by atomic mass is 9.87. The van der Waals surface area contributed by atoms with Crippen molar-refractivity contribution >= 4 is 21.6 Å². The van der Waals surface area contributed by atoms with Gasteiger partial charge in [-0.05, 0) is 36.5 Å². The first-order valence-corrected chi connectivity index (χ1v) is 10.3. The standard InChI is InChI=1S/C18H30N2O4S/c1-6-24-13-7-12-19-17(21)14-20(25(5,22)23)16-10-8-15(9-11-16)18(2,3)4/h8-11H,6-7,12-14H2,1-5H3,(H,19,21). The Balaban J connectivity index is 2.77. The van der Waals surface area contributed by atoms with Crippen LogP contribution in [0.3, 0.4) is 0 Å². The van der Waals surface area contributed by atoms with Gasteiger partial charge in [0.05, 0.1) is 11.9 Å². The molecule has 0 spiro atoms. The molecular formula is C18H30N2O4S. The van der Waals surface area contributed by atoms with Crippen LogP contribution in [0.2, 0.25) is 0 Å². The molecule has 1 aromatic rings. The average molecular weight is 371 g/mol. The highest BCUT2D eigenvalue weighted by Gasteiger charge is 2.21. The molecule has 1 N–H and O–H groups in total. The summed E-state index contributed by atoms with van der Waals surface area (Å²) in [5.41, 5.74) is 1.57. The lowest BCUT2D eigenvalue weighted by molar-refractivity contribution is -0.119. The SMILES string of the molecule is CCOCCCNC(=O)CN(c1ccc(C(C)(C)C)cc1)S(C)(=O)=O. The molecule has 0 fully saturated rings. The summed E-state index contributed by atoms with van der Waals surface area (Å²) < 4.78 is 30.5. The van der Waals surface area contributed by atoms with Crippen LogP contribution in [-0.2, 0) is 25.0 Å². The Hall–Kier alpha value is -1.60. The van der Waals surface area contributed by atoms with Crippen LogP contribution in [0.15, 0.2) is 24.3 Å². The molecule has 1 aromatic carbocycles. The molecule has 6 nitrogen and oxygen atoms in total. The molecule has 0 aromatic heterocycles. The van der Waals surface area contributed by atoms with E-state index in [-0.39, 0.29) is 17.9 Å². The van der Waals surface area contributed by atoms with Gasteiger partial charge in [-0.25, -0.2) is 8.42 Å². The summed E-state index contributed by atoms with van der Waals surface area (Å²) in [7, 11) is -3.55. The maximum absolute atomic E-state index is 12.1. The highest BCUT2D eigenvalue weighted by Crippen LogP contribution is 2.25. The smallest absolute Gasteiger partial charge is 0.240 e. The molecule has 25 heavy (non-hydrogen) atoms. The van der Waals surface area contributed by atoms with E-state index in [1.54, 1.807) is 12.1 Å². The van der Waals surface area contributed by atoms with Gasteiger partial charge in [-0.3, -0.25) is 9.10 Å². The maximum atomic E-state index is 12.1. The molecule has 0 bridgehead atoms. The number of carbonyl (C=O) groups is 1. The molecule has 0 aliphatic heterocycles. The Morgan fingerprint density at radius 3 is 2.28 bits per heavy atom. The predicted octanol–water partition coefficient (Wildman–Crippen LogP) is 2.29. The zero-order valence-electron chi connectivity index (χ0n) is 15.8. The summed E-state index contributed by atoms with van der Waals surface area (Å²) in [5, 5.41) is 2.72. The van der Waals surface area contributed by atoms with Crippen molar-refractivity contribution in [3.8, 4) is 0 Å².